The molecular weight excluding hydrogens is 382 g/mol. The highest BCUT2D eigenvalue weighted by molar-refractivity contribution is 7.14. The van der Waals surface area contributed by atoms with Gasteiger partial charge in [-0.15, -0.1) is 11.3 Å². The van der Waals surface area contributed by atoms with E-state index in [2.05, 4.69) is 15.5 Å². The zero-order valence-electron chi connectivity index (χ0n) is 14.3. The van der Waals surface area contributed by atoms with Gasteiger partial charge < -0.3 is 4.42 Å². The molecule has 0 fully saturated rings. The molecule has 0 bridgehead atoms. The van der Waals surface area contributed by atoms with Crippen LogP contribution in [0.2, 0.25) is 5.02 Å². The molecule has 0 saturated heterocycles. The number of fused-ring (bicyclic) bond motifs is 1. The molecule has 0 unspecified atom stereocenters. The number of hydrogen-bond donors (Lipinski definition) is 1. The van der Waals surface area contributed by atoms with Gasteiger partial charge in [0.15, 0.2) is 0 Å². The van der Waals surface area contributed by atoms with Crippen LogP contribution in [-0.2, 0) is 0 Å². The van der Waals surface area contributed by atoms with Gasteiger partial charge in [-0.2, -0.15) is 5.10 Å². The van der Waals surface area contributed by atoms with E-state index in [9.17, 15) is 4.79 Å². The summed E-state index contributed by atoms with van der Waals surface area (Å²) in [5, 5.41) is 8.27. The van der Waals surface area contributed by atoms with Crippen LogP contribution < -0.4 is 11.1 Å². The number of halogens is 1. The topological polar surface area (TPSA) is 67.5 Å². The summed E-state index contributed by atoms with van der Waals surface area (Å²) in [7, 11) is 0. The van der Waals surface area contributed by atoms with E-state index < -0.39 is 5.63 Å². The lowest BCUT2D eigenvalue weighted by Crippen LogP contribution is -2.03. The zero-order valence-corrected chi connectivity index (χ0v) is 15.8. The lowest BCUT2D eigenvalue weighted by molar-refractivity contribution is 0.563. The van der Waals surface area contributed by atoms with E-state index in [1.807, 2.05) is 49.4 Å². The Morgan fingerprint density at radius 3 is 2.78 bits per heavy atom. The molecule has 0 radical (unpaired) electrons. The second-order valence-electron chi connectivity index (χ2n) is 5.84. The van der Waals surface area contributed by atoms with Crippen LogP contribution in [0.1, 0.15) is 12.5 Å². The number of thiazole rings is 1. The summed E-state index contributed by atoms with van der Waals surface area (Å²) in [5.41, 5.74) is 5.82. The number of nitrogens with one attached hydrogen (secondary N) is 1. The summed E-state index contributed by atoms with van der Waals surface area (Å²) in [6.45, 7) is 1.89. The fraction of sp³-hybridized carbons (Fsp3) is 0.0500. The predicted octanol–water partition coefficient (Wildman–Crippen LogP) is 5.41. The molecule has 0 amide bonds. The standard InChI is InChI=1S/C20H14ClN3O2S/c1-12(13-6-8-15(21)9-7-13)23-24-20-22-17(11-27-20)16-10-14-4-2-3-5-18(14)26-19(16)25/h2-11H,1H3,(H,22,24)/b23-12+. The van der Waals surface area contributed by atoms with E-state index in [0.29, 0.717) is 27.0 Å². The van der Waals surface area contributed by atoms with Crippen molar-refractivity contribution in [2.45, 2.75) is 6.92 Å². The Hall–Kier alpha value is -2.96. The van der Waals surface area contributed by atoms with E-state index in [4.69, 9.17) is 16.0 Å². The molecule has 134 valence electrons. The van der Waals surface area contributed by atoms with Crippen molar-refractivity contribution in [3.8, 4) is 11.3 Å². The Labute approximate surface area is 164 Å². The Bertz CT molecular complexity index is 1200. The van der Waals surface area contributed by atoms with Crippen LogP contribution in [0.3, 0.4) is 0 Å². The number of hydrazone groups is 1. The predicted molar refractivity (Wildman–Crippen MR) is 111 cm³/mol. The molecule has 7 heteroatoms. The van der Waals surface area contributed by atoms with Gasteiger partial charge in [0.05, 0.1) is 17.0 Å². The molecule has 0 spiro atoms. The Balaban J connectivity index is 1.58. The minimum absolute atomic E-state index is 0.411. The highest BCUT2D eigenvalue weighted by Crippen LogP contribution is 2.25. The van der Waals surface area contributed by atoms with Crippen molar-refractivity contribution >= 4 is 44.8 Å². The lowest BCUT2D eigenvalue weighted by Gasteiger charge is -2.01. The van der Waals surface area contributed by atoms with Crippen LogP contribution in [0.25, 0.3) is 22.2 Å². The average Bonchev–Trinajstić information content (AvgIpc) is 3.15. The van der Waals surface area contributed by atoms with Crippen LogP contribution in [0, 0.1) is 0 Å². The monoisotopic (exact) mass is 395 g/mol. The highest BCUT2D eigenvalue weighted by atomic mass is 35.5. The number of nitrogens with zero attached hydrogens (tertiary/aromatic N) is 2. The molecule has 2 aromatic heterocycles. The summed E-state index contributed by atoms with van der Waals surface area (Å²) in [6.07, 6.45) is 0. The van der Waals surface area contributed by atoms with E-state index >= 15 is 0 Å². The Morgan fingerprint density at radius 1 is 1.19 bits per heavy atom. The largest absolute Gasteiger partial charge is 0.422 e. The molecule has 0 atom stereocenters. The molecule has 2 heterocycles. The fourth-order valence-electron chi connectivity index (χ4n) is 2.58. The van der Waals surface area contributed by atoms with Crippen molar-refractivity contribution in [1.82, 2.24) is 4.98 Å². The number of para-hydroxylation sites is 1. The molecule has 4 aromatic rings. The highest BCUT2D eigenvalue weighted by Gasteiger charge is 2.11. The lowest BCUT2D eigenvalue weighted by atomic mass is 10.1. The van der Waals surface area contributed by atoms with Crippen molar-refractivity contribution < 1.29 is 4.42 Å². The van der Waals surface area contributed by atoms with Gasteiger partial charge in [-0.3, -0.25) is 5.43 Å². The molecule has 1 N–H and O–H groups in total. The SMILES string of the molecule is C/C(=N\Nc1nc(-c2cc3ccccc3oc2=O)cs1)c1ccc(Cl)cc1. The molecule has 27 heavy (non-hydrogen) atoms. The first kappa shape index (κ1) is 17.5. The van der Waals surface area contributed by atoms with Crippen molar-refractivity contribution in [3.05, 3.63) is 81.0 Å². The molecule has 5 nitrogen and oxygen atoms in total. The third-order valence-corrected chi connectivity index (χ3v) is 5.00. The molecule has 0 aliphatic carbocycles. The minimum Gasteiger partial charge on any atom is -0.422 e. The third kappa shape index (κ3) is 3.77. The molecule has 4 rings (SSSR count). The molecule has 0 aliphatic rings. The minimum atomic E-state index is -0.411. The number of rotatable bonds is 4. The first-order valence-corrected chi connectivity index (χ1v) is 9.41. The van der Waals surface area contributed by atoms with Gasteiger partial charge in [0, 0.05) is 15.8 Å². The quantitative estimate of drug-likeness (QED) is 0.285. The van der Waals surface area contributed by atoms with Crippen LogP contribution in [0.4, 0.5) is 5.13 Å². The number of anilines is 1. The number of hydrogen-bond acceptors (Lipinski definition) is 6. The van der Waals surface area contributed by atoms with Gasteiger partial charge in [0.2, 0.25) is 5.13 Å². The fourth-order valence-corrected chi connectivity index (χ4v) is 3.35. The van der Waals surface area contributed by atoms with Crippen molar-refractivity contribution in [3.63, 3.8) is 0 Å². The maximum atomic E-state index is 12.3. The number of aromatic nitrogens is 1. The first-order valence-electron chi connectivity index (χ1n) is 8.15. The smallest absolute Gasteiger partial charge is 0.345 e. The third-order valence-electron chi connectivity index (χ3n) is 4.00. The van der Waals surface area contributed by atoms with Crippen molar-refractivity contribution in [2.24, 2.45) is 5.10 Å². The van der Waals surface area contributed by atoms with Crippen molar-refractivity contribution in [1.29, 1.82) is 0 Å². The summed E-state index contributed by atoms with van der Waals surface area (Å²) >= 11 is 7.27. The first-order chi connectivity index (χ1) is 13.1. The van der Waals surface area contributed by atoms with Gasteiger partial charge in [-0.25, -0.2) is 9.78 Å². The van der Waals surface area contributed by atoms with Gasteiger partial charge in [0.1, 0.15) is 5.58 Å². The molecule has 0 aliphatic heterocycles. The second-order valence-corrected chi connectivity index (χ2v) is 7.13. The van der Waals surface area contributed by atoms with Crippen LogP contribution in [0.5, 0.6) is 0 Å². The van der Waals surface area contributed by atoms with Crippen LogP contribution in [-0.4, -0.2) is 10.7 Å². The number of benzene rings is 2. The zero-order chi connectivity index (χ0) is 18.8. The van der Waals surface area contributed by atoms with Gasteiger partial charge in [0.25, 0.3) is 0 Å². The Morgan fingerprint density at radius 2 is 1.96 bits per heavy atom. The van der Waals surface area contributed by atoms with Crippen molar-refractivity contribution in [2.75, 3.05) is 5.43 Å². The maximum absolute atomic E-state index is 12.3. The van der Waals surface area contributed by atoms with Gasteiger partial charge in [-0.05, 0) is 36.8 Å². The molecule has 0 saturated carbocycles. The van der Waals surface area contributed by atoms with Gasteiger partial charge >= 0.3 is 5.63 Å². The van der Waals surface area contributed by atoms with Crippen LogP contribution in [0.15, 0.2) is 74.3 Å². The summed E-state index contributed by atoms with van der Waals surface area (Å²) in [5.74, 6) is 0. The average molecular weight is 396 g/mol. The summed E-state index contributed by atoms with van der Waals surface area (Å²) < 4.78 is 5.37. The maximum Gasteiger partial charge on any atom is 0.345 e. The van der Waals surface area contributed by atoms with Gasteiger partial charge in [-0.1, -0.05) is 41.9 Å². The van der Waals surface area contributed by atoms with Crippen LogP contribution >= 0.6 is 22.9 Å². The molecular formula is C20H14ClN3O2S. The second kappa shape index (κ2) is 7.34. The Kier molecular flexibility index (Phi) is 4.75. The molecule has 2 aromatic carbocycles. The summed E-state index contributed by atoms with van der Waals surface area (Å²) in [6, 6.07) is 16.6. The summed E-state index contributed by atoms with van der Waals surface area (Å²) in [4.78, 5) is 16.7. The van der Waals surface area contributed by atoms with E-state index in [0.717, 1.165) is 16.7 Å². The van der Waals surface area contributed by atoms with E-state index in [1.165, 1.54) is 11.3 Å². The normalized spacial score (nSPS) is 11.7. The van der Waals surface area contributed by atoms with E-state index in [1.54, 1.807) is 17.5 Å². The van der Waals surface area contributed by atoms with E-state index in [-0.39, 0.29) is 0 Å².